The molecule has 2 aliphatic heterocycles. The lowest BCUT2D eigenvalue weighted by Crippen LogP contribution is -2.39. The van der Waals surface area contributed by atoms with Crippen molar-refractivity contribution < 1.29 is 13.6 Å². The molecule has 4 heteroatoms. The van der Waals surface area contributed by atoms with Gasteiger partial charge in [-0.15, -0.1) is 0 Å². The molecular weight excluding hydrogens is 176 g/mol. The average molecular weight is 189 g/mol. The minimum atomic E-state index is -2.66. The Bertz CT molecular complexity index is 254. The number of carbonyl (C=O) groups excluding carboxylic acids is 1. The van der Waals surface area contributed by atoms with Gasteiger partial charge in [0.1, 0.15) is 0 Å². The summed E-state index contributed by atoms with van der Waals surface area (Å²) in [4.78, 5) is 12.7. The largest absolute Gasteiger partial charge is 0.331 e. The van der Waals surface area contributed by atoms with E-state index >= 15 is 0 Å². The number of carbonyl (C=O) groups is 1. The molecular formula is C9H13F2NO. The molecule has 0 saturated carbocycles. The van der Waals surface area contributed by atoms with E-state index < -0.39 is 11.5 Å². The average Bonchev–Trinajstić information content (AvgIpc) is 2.47. The van der Waals surface area contributed by atoms with E-state index in [1.165, 1.54) is 4.90 Å². The molecule has 0 spiro atoms. The second-order valence-electron chi connectivity index (χ2n) is 4.09. The Balaban J connectivity index is 2.29. The van der Waals surface area contributed by atoms with Gasteiger partial charge in [0.25, 0.3) is 5.92 Å². The van der Waals surface area contributed by atoms with Crippen LogP contribution in [0.5, 0.6) is 0 Å². The van der Waals surface area contributed by atoms with Crippen LogP contribution in [0.1, 0.15) is 32.6 Å². The zero-order valence-electron chi connectivity index (χ0n) is 7.65. The molecule has 0 aliphatic carbocycles. The molecule has 2 saturated heterocycles. The number of hydrogen-bond donors (Lipinski definition) is 0. The maximum atomic E-state index is 13.1. The standard InChI is InChI=1S/C9H13F2NO/c1-2-8-4-3-7(13)12(8)6-9(10,11)5-8/h2-6H2,1H3/t8-/m1/s1. The molecule has 1 atom stereocenters. The fourth-order valence-corrected chi connectivity index (χ4v) is 2.58. The molecule has 1 amide bonds. The highest BCUT2D eigenvalue weighted by molar-refractivity contribution is 5.80. The summed E-state index contributed by atoms with van der Waals surface area (Å²) < 4.78 is 26.2. The normalized spacial score (nSPS) is 36.8. The van der Waals surface area contributed by atoms with E-state index in [9.17, 15) is 13.6 Å². The van der Waals surface area contributed by atoms with E-state index in [2.05, 4.69) is 0 Å². The van der Waals surface area contributed by atoms with Crippen LogP contribution in [-0.2, 0) is 4.79 Å². The predicted octanol–water partition coefficient (Wildman–Crippen LogP) is 1.80. The fraction of sp³-hybridized carbons (Fsp3) is 0.889. The third-order valence-corrected chi connectivity index (χ3v) is 3.31. The maximum absolute atomic E-state index is 13.1. The van der Waals surface area contributed by atoms with Crippen molar-refractivity contribution in [3.05, 3.63) is 0 Å². The van der Waals surface area contributed by atoms with Crippen LogP contribution in [0.25, 0.3) is 0 Å². The van der Waals surface area contributed by atoms with Gasteiger partial charge in [-0.1, -0.05) is 6.92 Å². The van der Waals surface area contributed by atoms with Crippen LogP contribution >= 0.6 is 0 Å². The molecule has 2 heterocycles. The highest BCUT2D eigenvalue weighted by Crippen LogP contribution is 2.47. The van der Waals surface area contributed by atoms with Crippen LogP contribution in [0.4, 0.5) is 8.78 Å². The summed E-state index contributed by atoms with van der Waals surface area (Å²) in [5.74, 6) is -2.76. The number of halogens is 2. The molecule has 0 aromatic carbocycles. The Morgan fingerprint density at radius 1 is 1.54 bits per heavy atom. The van der Waals surface area contributed by atoms with Gasteiger partial charge in [0.15, 0.2) is 0 Å². The van der Waals surface area contributed by atoms with Gasteiger partial charge >= 0.3 is 0 Å². The number of fused-ring (bicyclic) bond motifs is 1. The Morgan fingerprint density at radius 3 is 2.77 bits per heavy atom. The van der Waals surface area contributed by atoms with Crippen LogP contribution in [0.15, 0.2) is 0 Å². The Morgan fingerprint density at radius 2 is 2.23 bits per heavy atom. The fourth-order valence-electron chi connectivity index (χ4n) is 2.58. The summed E-state index contributed by atoms with van der Waals surface area (Å²) in [5.41, 5.74) is -0.513. The lowest BCUT2D eigenvalue weighted by atomic mass is 9.90. The van der Waals surface area contributed by atoms with Crippen LogP contribution in [0.3, 0.4) is 0 Å². The molecule has 2 nitrogen and oxygen atoms in total. The van der Waals surface area contributed by atoms with Crippen LogP contribution in [0, 0.1) is 0 Å². The van der Waals surface area contributed by atoms with E-state index in [4.69, 9.17) is 0 Å². The zero-order chi connectivity index (χ0) is 9.69. The minimum absolute atomic E-state index is 0.0981. The molecule has 0 aromatic rings. The maximum Gasteiger partial charge on any atom is 0.267 e. The molecule has 0 bridgehead atoms. The van der Waals surface area contributed by atoms with Gasteiger partial charge in [-0.3, -0.25) is 4.79 Å². The summed E-state index contributed by atoms with van der Waals surface area (Å²) in [6.07, 6.45) is 1.57. The Kier molecular flexibility index (Phi) is 1.66. The predicted molar refractivity (Wildman–Crippen MR) is 43.5 cm³/mol. The van der Waals surface area contributed by atoms with Crippen molar-refractivity contribution in [1.82, 2.24) is 4.90 Å². The molecule has 13 heavy (non-hydrogen) atoms. The summed E-state index contributed by atoms with van der Waals surface area (Å²) in [7, 11) is 0. The van der Waals surface area contributed by atoms with Gasteiger partial charge in [0, 0.05) is 18.4 Å². The third kappa shape index (κ3) is 1.15. The highest BCUT2D eigenvalue weighted by Gasteiger charge is 2.58. The first kappa shape index (κ1) is 8.91. The van der Waals surface area contributed by atoms with Crippen molar-refractivity contribution in [3.63, 3.8) is 0 Å². The van der Waals surface area contributed by atoms with E-state index in [1.54, 1.807) is 0 Å². The number of hydrogen-bond acceptors (Lipinski definition) is 1. The van der Waals surface area contributed by atoms with E-state index in [0.717, 1.165) is 0 Å². The van der Waals surface area contributed by atoms with Crippen molar-refractivity contribution in [3.8, 4) is 0 Å². The van der Waals surface area contributed by atoms with Gasteiger partial charge in [-0.2, -0.15) is 0 Å². The summed E-state index contributed by atoms with van der Waals surface area (Å²) in [5, 5.41) is 0. The van der Waals surface area contributed by atoms with Crippen molar-refractivity contribution in [2.24, 2.45) is 0 Å². The smallest absolute Gasteiger partial charge is 0.267 e. The highest BCUT2D eigenvalue weighted by atomic mass is 19.3. The Hall–Kier alpha value is -0.670. The second-order valence-corrected chi connectivity index (χ2v) is 4.09. The number of rotatable bonds is 1. The van der Waals surface area contributed by atoms with Gasteiger partial charge in [0.05, 0.1) is 6.54 Å². The Labute approximate surface area is 75.9 Å². The molecule has 2 rings (SSSR count). The van der Waals surface area contributed by atoms with Crippen LogP contribution < -0.4 is 0 Å². The summed E-state index contributed by atoms with van der Waals surface area (Å²) in [6.45, 7) is 1.52. The van der Waals surface area contributed by atoms with Gasteiger partial charge in [0.2, 0.25) is 5.91 Å². The summed E-state index contributed by atoms with van der Waals surface area (Å²) in [6, 6.07) is 0. The first-order valence-electron chi connectivity index (χ1n) is 4.67. The molecule has 0 N–H and O–H groups in total. The van der Waals surface area contributed by atoms with Gasteiger partial charge in [-0.25, -0.2) is 8.78 Å². The number of nitrogens with zero attached hydrogens (tertiary/aromatic N) is 1. The van der Waals surface area contributed by atoms with Gasteiger partial charge in [-0.05, 0) is 12.8 Å². The molecule has 0 radical (unpaired) electrons. The first-order chi connectivity index (χ1) is 5.99. The SMILES string of the molecule is CC[C@]12CCC(=O)N1CC(F)(F)C2. The molecule has 2 fully saturated rings. The lowest BCUT2D eigenvalue weighted by molar-refractivity contribution is -0.130. The quantitative estimate of drug-likeness (QED) is 0.616. The zero-order valence-corrected chi connectivity index (χ0v) is 7.65. The topological polar surface area (TPSA) is 20.3 Å². The van der Waals surface area contributed by atoms with Crippen molar-refractivity contribution in [1.29, 1.82) is 0 Å². The van der Waals surface area contributed by atoms with Crippen molar-refractivity contribution in [2.75, 3.05) is 6.54 Å². The van der Waals surface area contributed by atoms with Crippen LogP contribution in [-0.4, -0.2) is 28.8 Å². The monoisotopic (exact) mass is 189 g/mol. The van der Waals surface area contributed by atoms with Crippen molar-refractivity contribution in [2.45, 2.75) is 44.1 Å². The second kappa shape index (κ2) is 2.42. The molecule has 74 valence electrons. The summed E-state index contributed by atoms with van der Waals surface area (Å²) >= 11 is 0. The van der Waals surface area contributed by atoms with Gasteiger partial charge < -0.3 is 4.90 Å². The first-order valence-corrected chi connectivity index (χ1v) is 4.67. The third-order valence-electron chi connectivity index (χ3n) is 3.31. The minimum Gasteiger partial charge on any atom is -0.331 e. The molecule has 2 aliphatic rings. The number of amides is 1. The van der Waals surface area contributed by atoms with Crippen LogP contribution in [0.2, 0.25) is 0 Å². The molecule has 0 aromatic heterocycles. The molecule has 0 unspecified atom stereocenters. The van der Waals surface area contributed by atoms with Crippen molar-refractivity contribution >= 4 is 5.91 Å². The van der Waals surface area contributed by atoms with E-state index in [1.807, 2.05) is 6.92 Å². The number of alkyl halides is 2. The van der Waals surface area contributed by atoms with E-state index in [-0.39, 0.29) is 18.9 Å². The van der Waals surface area contributed by atoms with E-state index in [0.29, 0.717) is 19.3 Å². The lowest BCUT2D eigenvalue weighted by Gasteiger charge is -2.29.